The normalized spacial score (nSPS) is 8.25. The van der Waals surface area contributed by atoms with E-state index in [0.717, 1.165) is 0 Å². The maximum absolute atomic E-state index is 10.1. The molecule has 0 radical (unpaired) electrons. The van der Waals surface area contributed by atoms with Gasteiger partial charge in [-0.3, -0.25) is 0 Å². The number of rotatable bonds is 0. The summed E-state index contributed by atoms with van der Waals surface area (Å²) in [5, 5.41) is 10.1. The molecular formula is C5H14KNO. The molecule has 0 saturated heterocycles. The fourth-order valence-electron chi connectivity index (χ4n) is 0. The molecule has 0 fully saturated rings. The van der Waals surface area contributed by atoms with Gasteiger partial charge in [0.2, 0.25) is 0 Å². The molecule has 0 rings (SSSR count). The van der Waals surface area contributed by atoms with Crippen LogP contribution in [-0.2, 0) is 0 Å². The van der Waals surface area contributed by atoms with Gasteiger partial charge in [0.05, 0.1) is 0 Å². The molecule has 0 amide bonds. The summed E-state index contributed by atoms with van der Waals surface area (Å²) in [5.74, 6) is 0. The average molecular weight is 143 g/mol. The summed E-state index contributed by atoms with van der Waals surface area (Å²) in [6.45, 7) is 4.90. The van der Waals surface area contributed by atoms with E-state index >= 15 is 0 Å². The van der Waals surface area contributed by atoms with Gasteiger partial charge in [-0.2, -0.15) is 0 Å². The molecule has 0 spiro atoms. The second-order valence-corrected chi connectivity index (χ2v) is 2.11. The van der Waals surface area contributed by atoms with Crippen molar-refractivity contribution in [2.24, 2.45) is 5.73 Å². The van der Waals surface area contributed by atoms with E-state index in [9.17, 15) is 5.11 Å². The fourth-order valence-corrected chi connectivity index (χ4v) is 0. The average Bonchev–Trinajstić information content (AvgIpc) is 1.36. The molecule has 8 heavy (non-hydrogen) atoms. The molecule has 0 aromatic heterocycles. The van der Waals surface area contributed by atoms with Crippen LogP contribution in [-0.4, -0.2) is 12.6 Å². The molecule has 0 aliphatic heterocycles. The molecule has 0 atom stereocenters. The molecule has 0 saturated carbocycles. The Kier molecular flexibility index (Phi) is 17.4. The minimum Gasteiger partial charge on any atom is -0.850 e. The minimum absolute atomic E-state index is 0. The summed E-state index contributed by atoms with van der Waals surface area (Å²) < 4.78 is 0. The van der Waals surface area contributed by atoms with Gasteiger partial charge in [-0.25, -0.2) is 0 Å². The Hall–Kier alpha value is 1.56. The van der Waals surface area contributed by atoms with Gasteiger partial charge in [0.1, 0.15) is 0 Å². The van der Waals surface area contributed by atoms with Gasteiger partial charge in [0.25, 0.3) is 0 Å². The first-order chi connectivity index (χ1) is 3.00. The van der Waals surface area contributed by atoms with Crippen molar-refractivity contribution in [3.8, 4) is 0 Å². The number of nitrogens with two attached hydrogens (primary N) is 1. The van der Waals surface area contributed by atoms with Crippen molar-refractivity contribution >= 4 is 0 Å². The summed E-state index contributed by atoms with van der Waals surface area (Å²) in [5.41, 5.74) is 3.75. The number of hydrogen-bond donors (Lipinski definition) is 1. The monoisotopic (exact) mass is 143 g/mol. The van der Waals surface area contributed by atoms with Crippen molar-refractivity contribution in [1.29, 1.82) is 0 Å². The smallest absolute Gasteiger partial charge is 0.850 e. The first-order valence-electron chi connectivity index (χ1n) is 2.28. The van der Waals surface area contributed by atoms with Gasteiger partial charge >= 0.3 is 51.4 Å². The van der Waals surface area contributed by atoms with Crippen LogP contribution < -0.4 is 62.2 Å². The largest absolute Gasteiger partial charge is 1.00 e. The molecule has 3 heteroatoms. The van der Waals surface area contributed by atoms with Crippen LogP contribution in [0.5, 0.6) is 0 Å². The van der Waals surface area contributed by atoms with E-state index in [1.54, 1.807) is 20.8 Å². The predicted octanol–water partition coefficient (Wildman–Crippen LogP) is -3.28. The molecule has 0 bridgehead atoms. The molecule has 0 aliphatic carbocycles. The van der Waals surface area contributed by atoms with Crippen LogP contribution in [0, 0.1) is 0 Å². The standard InChI is InChI=1S/C4H9O.CH5N.K/c1-4(2,3)5;1-2;/h1-3H3;2H2,1H3;/q-1;;+1. The Morgan fingerprint density at radius 3 is 1.12 bits per heavy atom. The van der Waals surface area contributed by atoms with Crippen LogP contribution in [0.3, 0.4) is 0 Å². The van der Waals surface area contributed by atoms with Crippen molar-refractivity contribution in [1.82, 2.24) is 0 Å². The third-order valence-corrected chi connectivity index (χ3v) is 0. The van der Waals surface area contributed by atoms with E-state index in [-0.39, 0.29) is 51.4 Å². The molecule has 2 nitrogen and oxygen atoms in total. The van der Waals surface area contributed by atoms with Crippen LogP contribution in [0.15, 0.2) is 0 Å². The molecule has 0 aromatic carbocycles. The minimum atomic E-state index is -0.750. The SMILES string of the molecule is CC(C)(C)[O-].CN.[K+]. The van der Waals surface area contributed by atoms with Crippen LogP contribution >= 0.6 is 0 Å². The van der Waals surface area contributed by atoms with E-state index in [1.165, 1.54) is 7.05 Å². The van der Waals surface area contributed by atoms with Crippen LogP contribution in [0.25, 0.3) is 0 Å². The Morgan fingerprint density at radius 2 is 1.12 bits per heavy atom. The molecule has 0 aliphatic rings. The Morgan fingerprint density at radius 1 is 1.12 bits per heavy atom. The van der Waals surface area contributed by atoms with Gasteiger partial charge in [-0.05, 0) is 7.05 Å². The molecule has 0 unspecified atom stereocenters. The van der Waals surface area contributed by atoms with Gasteiger partial charge in [0, 0.05) is 0 Å². The van der Waals surface area contributed by atoms with Crippen molar-refractivity contribution in [3.63, 3.8) is 0 Å². The second-order valence-electron chi connectivity index (χ2n) is 2.11. The van der Waals surface area contributed by atoms with Crippen molar-refractivity contribution in [2.45, 2.75) is 26.4 Å². The van der Waals surface area contributed by atoms with Gasteiger partial charge < -0.3 is 10.8 Å². The van der Waals surface area contributed by atoms with Gasteiger partial charge in [-0.1, -0.05) is 20.8 Å². The third kappa shape index (κ3) is 134. The van der Waals surface area contributed by atoms with Crippen molar-refractivity contribution in [3.05, 3.63) is 0 Å². The van der Waals surface area contributed by atoms with E-state index in [4.69, 9.17) is 0 Å². The maximum Gasteiger partial charge on any atom is 1.00 e. The quantitative estimate of drug-likeness (QED) is 0.362. The zero-order valence-electron chi connectivity index (χ0n) is 6.49. The van der Waals surface area contributed by atoms with Crippen LogP contribution in [0.2, 0.25) is 0 Å². The first kappa shape index (κ1) is 16.3. The summed E-state index contributed by atoms with van der Waals surface area (Å²) in [6.07, 6.45) is 0. The summed E-state index contributed by atoms with van der Waals surface area (Å²) in [7, 11) is 1.50. The van der Waals surface area contributed by atoms with Gasteiger partial charge in [-0.15, -0.1) is 5.60 Å². The Labute approximate surface area is 94.3 Å². The topological polar surface area (TPSA) is 49.1 Å². The van der Waals surface area contributed by atoms with Gasteiger partial charge in [0.15, 0.2) is 0 Å². The molecule has 0 aromatic rings. The zero-order valence-corrected chi connectivity index (χ0v) is 9.61. The fraction of sp³-hybridized carbons (Fsp3) is 1.00. The molecule has 46 valence electrons. The summed E-state index contributed by atoms with van der Waals surface area (Å²) in [4.78, 5) is 0. The van der Waals surface area contributed by atoms with E-state index in [0.29, 0.717) is 0 Å². The summed E-state index contributed by atoms with van der Waals surface area (Å²) >= 11 is 0. The maximum atomic E-state index is 10.1. The first-order valence-corrected chi connectivity index (χ1v) is 2.28. The molecule has 0 heterocycles. The zero-order chi connectivity index (χ0) is 6.50. The second kappa shape index (κ2) is 8.56. The number of hydrogen-bond acceptors (Lipinski definition) is 2. The van der Waals surface area contributed by atoms with Crippen molar-refractivity contribution in [2.75, 3.05) is 7.05 Å². The van der Waals surface area contributed by atoms with Crippen molar-refractivity contribution < 1.29 is 56.5 Å². The third-order valence-electron chi connectivity index (χ3n) is 0. The Balaban J connectivity index is -0.0000000750. The molecular weight excluding hydrogens is 129 g/mol. The van der Waals surface area contributed by atoms with E-state index < -0.39 is 5.60 Å². The molecule has 2 N–H and O–H groups in total. The van der Waals surface area contributed by atoms with Crippen LogP contribution in [0.1, 0.15) is 20.8 Å². The van der Waals surface area contributed by atoms with E-state index in [1.807, 2.05) is 0 Å². The Bertz CT molecular complexity index is 27.9. The van der Waals surface area contributed by atoms with Crippen LogP contribution in [0.4, 0.5) is 0 Å². The summed E-state index contributed by atoms with van der Waals surface area (Å²) in [6, 6.07) is 0. The predicted molar refractivity (Wildman–Crippen MR) is 29.9 cm³/mol. The van der Waals surface area contributed by atoms with E-state index in [2.05, 4.69) is 5.73 Å².